The maximum Gasteiger partial charge on any atom is 0.252 e. The van der Waals surface area contributed by atoms with Crippen LogP contribution in [-0.2, 0) is 11.3 Å². The van der Waals surface area contributed by atoms with Crippen LogP contribution in [0.5, 0.6) is 11.5 Å². The van der Waals surface area contributed by atoms with Crippen LogP contribution in [0, 0.1) is 5.92 Å². The number of ether oxygens (including phenoxy) is 2. The van der Waals surface area contributed by atoms with E-state index < -0.39 is 0 Å². The van der Waals surface area contributed by atoms with E-state index in [2.05, 4.69) is 15.2 Å². The maximum absolute atomic E-state index is 12.5. The molecule has 26 heavy (non-hydrogen) atoms. The molecule has 0 aliphatic carbocycles. The number of hydrogen-bond acceptors (Lipinski definition) is 5. The first kappa shape index (κ1) is 18.3. The highest BCUT2D eigenvalue weighted by molar-refractivity contribution is 5.83. The molecule has 1 saturated heterocycles. The van der Waals surface area contributed by atoms with Crippen LogP contribution >= 0.6 is 0 Å². The lowest BCUT2D eigenvalue weighted by Gasteiger charge is -2.16. The SMILES string of the molecule is CCNC(=O)[C@H]1CCN(Cc2cc3cc(OC)c(OC)cc3[nH]c2=O)C1. The van der Waals surface area contributed by atoms with Crippen molar-refractivity contribution < 1.29 is 14.3 Å². The fraction of sp³-hybridized carbons (Fsp3) is 0.474. The summed E-state index contributed by atoms with van der Waals surface area (Å²) in [5.41, 5.74) is 1.27. The van der Waals surface area contributed by atoms with Crippen molar-refractivity contribution in [1.82, 2.24) is 15.2 Å². The van der Waals surface area contributed by atoms with E-state index in [9.17, 15) is 9.59 Å². The molecule has 1 amide bonds. The van der Waals surface area contributed by atoms with Crippen molar-refractivity contribution in [3.63, 3.8) is 0 Å². The van der Waals surface area contributed by atoms with Crippen LogP contribution < -0.4 is 20.3 Å². The van der Waals surface area contributed by atoms with E-state index in [0.29, 0.717) is 42.2 Å². The molecule has 0 spiro atoms. The third-order valence-corrected chi connectivity index (χ3v) is 4.81. The summed E-state index contributed by atoms with van der Waals surface area (Å²) in [4.78, 5) is 29.5. The molecule has 3 rings (SSSR count). The number of likely N-dealkylation sites (tertiary alicyclic amines) is 1. The topological polar surface area (TPSA) is 83.7 Å². The largest absolute Gasteiger partial charge is 0.493 e. The van der Waals surface area contributed by atoms with Gasteiger partial charge in [-0.1, -0.05) is 0 Å². The molecule has 2 N–H and O–H groups in total. The Morgan fingerprint density at radius 2 is 2.00 bits per heavy atom. The molecule has 1 aliphatic rings. The lowest BCUT2D eigenvalue weighted by molar-refractivity contribution is -0.124. The number of amides is 1. The number of nitrogens with zero attached hydrogens (tertiary/aromatic N) is 1. The highest BCUT2D eigenvalue weighted by Gasteiger charge is 2.28. The number of benzene rings is 1. The quantitative estimate of drug-likeness (QED) is 0.817. The van der Waals surface area contributed by atoms with Gasteiger partial charge in [0.15, 0.2) is 11.5 Å². The zero-order valence-corrected chi connectivity index (χ0v) is 15.4. The Morgan fingerprint density at radius 3 is 2.69 bits per heavy atom. The molecule has 0 bridgehead atoms. The van der Waals surface area contributed by atoms with Gasteiger partial charge in [-0.25, -0.2) is 0 Å². The standard InChI is InChI=1S/C19H25N3O4/c1-4-20-18(23)12-5-6-22(10-12)11-14-7-13-8-16(25-2)17(26-3)9-15(13)21-19(14)24/h7-9,12H,4-6,10-11H2,1-3H3,(H,20,23)(H,21,24)/t12-/m0/s1. The normalized spacial score (nSPS) is 17.4. The Kier molecular flexibility index (Phi) is 5.46. The van der Waals surface area contributed by atoms with E-state index in [4.69, 9.17) is 9.47 Å². The summed E-state index contributed by atoms with van der Waals surface area (Å²) in [6, 6.07) is 5.50. The molecule has 0 radical (unpaired) electrons. The maximum atomic E-state index is 12.5. The average molecular weight is 359 g/mol. The second kappa shape index (κ2) is 7.78. The van der Waals surface area contributed by atoms with E-state index in [-0.39, 0.29) is 17.4 Å². The highest BCUT2D eigenvalue weighted by atomic mass is 16.5. The van der Waals surface area contributed by atoms with Crippen LogP contribution in [0.15, 0.2) is 23.0 Å². The Bertz CT molecular complexity index is 862. The zero-order valence-electron chi connectivity index (χ0n) is 15.4. The second-order valence-electron chi connectivity index (χ2n) is 6.53. The van der Waals surface area contributed by atoms with Crippen molar-refractivity contribution in [3.8, 4) is 11.5 Å². The Morgan fingerprint density at radius 1 is 1.27 bits per heavy atom. The summed E-state index contributed by atoms with van der Waals surface area (Å²) in [7, 11) is 3.15. The number of carbonyl (C=O) groups excluding carboxylic acids is 1. The van der Waals surface area contributed by atoms with Gasteiger partial charge in [0.05, 0.1) is 25.7 Å². The number of aromatic amines is 1. The van der Waals surface area contributed by atoms with Crippen LogP contribution in [0.4, 0.5) is 0 Å². The van der Waals surface area contributed by atoms with E-state index in [1.54, 1.807) is 20.3 Å². The predicted molar refractivity (Wildman–Crippen MR) is 99.7 cm³/mol. The van der Waals surface area contributed by atoms with Crippen molar-refractivity contribution in [2.24, 2.45) is 5.92 Å². The fourth-order valence-corrected chi connectivity index (χ4v) is 3.45. The van der Waals surface area contributed by atoms with Gasteiger partial charge >= 0.3 is 0 Å². The summed E-state index contributed by atoms with van der Waals surface area (Å²) < 4.78 is 10.6. The van der Waals surface area contributed by atoms with Gasteiger partial charge in [0, 0.05) is 36.7 Å². The monoisotopic (exact) mass is 359 g/mol. The predicted octanol–water partition coefficient (Wildman–Crippen LogP) is 1.50. The molecule has 0 saturated carbocycles. The summed E-state index contributed by atoms with van der Waals surface area (Å²) in [5, 5.41) is 3.76. The fourth-order valence-electron chi connectivity index (χ4n) is 3.45. The number of nitrogens with one attached hydrogen (secondary N) is 2. The van der Waals surface area contributed by atoms with Gasteiger partial charge in [-0.2, -0.15) is 0 Å². The van der Waals surface area contributed by atoms with Crippen LogP contribution in [0.2, 0.25) is 0 Å². The minimum atomic E-state index is -0.119. The molecule has 1 atom stereocenters. The molecule has 1 aliphatic heterocycles. The van der Waals surface area contributed by atoms with E-state index >= 15 is 0 Å². The second-order valence-corrected chi connectivity index (χ2v) is 6.53. The number of hydrogen-bond donors (Lipinski definition) is 2. The van der Waals surface area contributed by atoms with Crippen molar-refractivity contribution in [2.75, 3.05) is 33.9 Å². The average Bonchev–Trinajstić information content (AvgIpc) is 3.10. The first-order valence-electron chi connectivity index (χ1n) is 8.83. The van der Waals surface area contributed by atoms with Gasteiger partial charge in [0.1, 0.15) is 0 Å². The number of aromatic nitrogens is 1. The minimum absolute atomic E-state index is 0.00107. The lowest BCUT2D eigenvalue weighted by atomic mass is 10.1. The molecular weight excluding hydrogens is 334 g/mol. The number of carbonyl (C=O) groups is 1. The molecule has 1 aromatic heterocycles. The highest BCUT2D eigenvalue weighted by Crippen LogP contribution is 2.31. The minimum Gasteiger partial charge on any atom is -0.493 e. The van der Waals surface area contributed by atoms with Crippen LogP contribution in [0.3, 0.4) is 0 Å². The number of rotatable bonds is 6. The van der Waals surface area contributed by atoms with Crippen LogP contribution in [0.1, 0.15) is 18.9 Å². The van der Waals surface area contributed by atoms with Gasteiger partial charge in [-0.05, 0) is 32.0 Å². The van der Waals surface area contributed by atoms with Gasteiger partial charge in [0.2, 0.25) is 5.91 Å². The Labute approximate surface area is 152 Å². The van der Waals surface area contributed by atoms with E-state index in [1.807, 2.05) is 19.1 Å². The number of H-pyrrole nitrogens is 1. The molecule has 1 fully saturated rings. The van der Waals surface area contributed by atoms with Crippen molar-refractivity contribution in [2.45, 2.75) is 19.9 Å². The summed E-state index contributed by atoms with van der Waals surface area (Å²) in [5.74, 6) is 1.29. The van der Waals surface area contributed by atoms with Gasteiger partial charge in [-0.3, -0.25) is 14.5 Å². The van der Waals surface area contributed by atoms with Crippen molar-refractivity contribution in [1.29, 1.82) is 0 Å². The van der Waals surface area contributed by atoms with Crippen LogP contribution in [-0.4, -0.2) is 49.6 Å². The molecule has 2 heterocycles. The number of pyridine rings is 1. The zero-order chi connectivity index (χ0) is 18.7. The van der Waals surface area contributed by atoms with Gasteiger partial charge in [-0.15, -0.1) is 0 Å². The molecule has 0 unspecified atom stereocenters. The smallest absolute Gasteiger partial charge is 0.252 e. The third kappa shape index (κ3) is 3.67. The van der Waals surface area contributed by atoms with Gasteiger partial charge < -0.3 is 19.8 Å². The third-order valence-electron chi connectivity index (χ3n) is 4.81. The van der Waals surface area contributed by atoms with E-state index in [0.717, 1.165) is 18.4 Å². The lowest BCUT2D eigenvalue weighted by Crippen LogP contribution is -2.33. The first-order valence-corrected chi connectivity index (χ1v) is 8.83. The molecule has 2 aromatic rings. The van der Waals surface area contributed by atoms with Crippen molar-refractivity contribution >= 4 is 16.8 Å². The van der Waals surface area contributed by atoms with E-state index in [1.165, 1.54) is 0 Å². The number of methoxy groups -OCH3 is 2. The molecule has 1 aromatic carbocycles. The Hall–Kier alpha value is -2.54. The molecule has 7 nitrogen and oxygen atoms in total. The van der Waals surface area contributed by atoms with Gasteiger partial charge in [0.25, 0.3) is 5.56 Å². The van der Waals surface area contributed by atoms with Crippen LogP contribution in [0.25, 0.3) is 10.9 Å². The molecule has 140 valence electrons. The summed E-state index contributed by atoms with van der Waals surface area (Å²) in [6.45, 7) is 4.57. The number of fused-ring (bicyclic) bond motifs is 1. The first-order chi connectivity index (χ1) is 12.5. The van der Waals surface area contributed by atoms with Crippen molar-refractivity contribution in [3.05, 3.63) is 34.1 Å². The molecular formula is C19H25N3O4. The Balaban J connectivity index is 1.81. The molecule has 7 heteroatoms. The summed E-state index contributed by atoms with van der Waals surface area (Å²) >= 11 is 0. The summed E-state index contributed by atoms with van der Waals surface area (Å²) in [6.07, 6.45) is 0.822.